The van der Waals surface area contributed by atoms with E-state index < -0.39 is 6.36 Å². The van der Waals surface area contributed by atoms with Gasteiger partial charge in [-0.25, -0.2) is 6.57 Å². The number of hydrogen-bond donors (Lipinski definition) is 0. The van der Waals surface area contributed by atoms with Crippen molar-refractivity contribution < 1.29 is 17.9 Å². The summed E-state index contributed by atoms with van der Waals surface area (Å²) in [6, 6.07) is 5.60. The molecule has 0 aliphatic rings. The molecule has 5 heteroatoms. The smallest absolute Gasteiger partial charge is 0.405 e. The minimum atomic E-state index is -4.71. The molecule has 0 bridgehead atoms. The number of rotatable bonds is 2. The molecule has 0 amide bonds. The van der Waals surface area contributed by atoms with E-state index in [-0.39, 0.29) is 17.9 Å². The lowest BCUT2D eigenvalue weighted by Gasteiger charge is -2.10. The van der Waals surface area contributed by atoms with Gasteiger partial charge in [-0.1, -0.05) is 12.1 Å². The highest BCUT2D eigenvalue weighted by molar-refractivity contribution is 5.34. The Morgan fingerprint density at radius 2 is 1.93 bits per heavy atom. The lowest BCUT2D eigenvalue weighted by atomic mass is 10.2. The second-order valence-corrected chi connectivity index (χ2v) is 2.47. The van der Waals surface area contributed by atoms with Crippen molar-refractivity contribution in [3.05, 3.63) is 41.2 Å². The van der Waals surface area contributed by atoms with E-state index in [1.807, 2.05) is 0 Å². The van der Waals surface area contributed by atoms with Gasteiger partial charge in [-0.15, -0.1) is 13.2 Å². The minimum absolute atomic E-state index is 0.119. The minimum Gasteiger partial charge on any atom is -0.405 e. The van der Waals surface area contributed by atoms with Crippen LogP contribution in [0.1, 0.15) is 5.56 Å². The first kappa shape index (κ1) is 10.4. The highest BCUT2D eigenvalue weighted by Gasteiger charge is 2.32. The molecule has 0 spiro atoms. The summed E-state index contributed by atoms with van der Waals surface area (Å²) >= 11 is 0. The van der Waals surface area contributed by atoms with E-state index in [0.717, 1.165) is 0 Å². The molecule has 0 saturated heterocycles. The highest BCUT2D eigenvalue weighted by Crippen LogP contribution is 2.26. The molecule has 14 heavy (non-hydrogen) atoms. The van der Waals surface area contributed by atoms with Crippen molar-refractivity contribution in [2.24, 2.45) is 0 Å². The summed E-state index contributed by atoms with van der Waals surface area (Å²) in [5.41, 5.74) is 0.236. The summed E-state index contributed by atoms with van der Waals surface area (Å²) in [6.45, 7) is 6.44. The van der Waals surface area contributed by atoms with Crippen LogP contribution in [0.3, 0.4) is 0 Å². The lowest BCUT2D eigenvalue weighted by molar-refractivity contribution is -0.274. The van der Waals surface area contributed by atoms with Crippen molar-refractivity contribution in [3.63, 3.8) is 0 Å². The second-order valence-electron chi connectivity index (χ2n) is 2.47. The fraction of sp³-hybridized carbons (Fsp3) is 0.222. The van der Waals surface area contributed by atoms with Crippen LogP contribution in [0.4, 0.5) is 13.2 Å². The molecule has 1 aromatic carbocycles. The average molecular weight is 201 g/mol. The summed E-state index contributed by atoms with van der Waals surface area (Å²) in [5.74, 6) is -0.309. The fourth-order valence-corrected chi connectivity index (χ4v) is 0.944. The van der Waals surface area contributed by atoms with Crippen molar-refractivity contribution >= 4 is 0 Å². The summed E-state index contributed by atoms with van der Waals surface area (Å²) in [5, 5.41) is 0. The standard InChI is InChI=1S/C9H6F3NO/c1-13-6-7-4-2-3-5-8(7)14-9(10,11)12/h2-5H,6H2. The third kappa shape index (κ3) is 2.98. The third-order valence-corrected chi connectivity index (χ3v) is 1.45. The largest absolute Gasteiger partial charge is 0.573 e. The Labute approximate surface area is 78.7 Å². The predicted molar refractivity (Wildman–Crippen MR) is 43.4 cm³/mol. The first-order chi connectivity index (χ1) is 6.53. The average Bonchev–Trinajstić information content (AvgIpc) is 2.06. The molecule has 1 rings (SSSR count). The van der Waals surface area contributed by atoms with Crippen molar-refractivity contribution in [2.45, 2.75) is 12.9 Å². The summed E-state index contributed by atoms with van der Waals surface area (Å²) in [4.78, 5) is 3.00. The topological polar surface area (TPSA) is 13.6 Å². The maximum atomic E-state index is 11.9. The Hall–Kier alpha value is -1.70. The molecular weight excluding hydrogens is 195 g/mol. The lowest BCUT2D eigenvalue weighted by Crippen LogP contribution is -2.17. The van der Waals surface area contributed by atoms with E-state index in [4.69, 9.17) is 6.57 Å². The van der Waals surface area contributed by atoms with Gasteiger partial charge in [-0.3, -0.25) is 0 Å². The number of para-hydroxylation sites is 1. The van der Waals surface area contributed by atoms with E-state index in [2.05, 4.69) is 9.58 Å². The number of hydrogen-bond acceptors (Lipinski definition) is 1. The van der Waals surface area contributed by atoms with Gasteiger partial charge >= 0.3 is 6.36 Å². The van der Waals surface area contributed by atoms with Crippen molar-refractivity contribution in [2.75, 3.05) is 0 Å². The third-order valence-electron chi connectivity index (χ3n) is 1.45. The molecule has 0 aromatic heterocycles. The first-order valence-electron chi connectivity index (χ1n) is 3.70. The predicted octanol–water partition coefficient (Wildman–Crippen LogP) is 3.00. The van der Waals surface area contributed by atoms with E-state index in [1.165, 1.54) is 18.2 Å². The van der Waals surface area contributed by atoms with Crippen LogP contribution in [0, 0.1) is 6.57 Å². The Kier molecular flexibility index (Phi) is 2.97. The summed E-state index contributed by atoms with van der Waals surface area (Å²) in [6.07, 6.45) is -4.71. The van der Waals surface area contributed by atoms with Gasteiger partial charge in [0.15, 0.2) is 0 Å². The van der Waals surface area contributed by atoms with Gasteiger partial charge in [0, 0.05) is 0 Å². The monoisotopic (exact) mass is 201 g/mol. The van der Waals surface area contributed by atoms with E-state index in [9.17, 15) is 13.2 Å². The number of ether oxygens (including phenoxy) is 1. The Balaban J connectivity index is 2.91. The molecule has 0 N–H and O–H groups in total. The number of alkyl halides is 3. The van der Waals surface area contributed by atoms with Crippen LogP contribution in [-0.4, -0.2) is 6.36 Å². The normalized spacial score (nSPS) is 10.7. The van der Waals surface area contributed by atoms with Crippen molar-refractivity contribution in [3.8, 4) is 5.75 Å². The van der Waals surface area contributed by atoms with Crippen LogP contribution in [-0.2, 0) is 6.54 Å². The molecule has 74 valence electrons. The first-order valence-corrected chi connectivity index (χ1v) is 3.70. The fourth-order valence-electron chi connectivity index (χ4n) is 0.944. The maximum absolute atomic E-state index is 11.9. The quantitative estimate of drug-likeness (QED) is 0.670. The zero-order valence-electron chi connectivity index (χ0n) is 7.01. The number of halogens is 3. The molecular formula is C9H6F3NO. The summed E-state index contributed by atoms with van der Waals surface area (Å²) < 4.78 is 39.3. The van der Waals surface area contributed by atoms with Crippen LogP contribution < -0.4 is 4.74 Å². The molecule has 0 aliphatic heterocycles. The maximum Gasteiger partial charge on any atom is 0.573 e. The van der Waals surface area contributed by atoms with Crippen LogP contribution in [0.25, 0.3) is 4.85 Å². The molecule has 0 radical (unpaired) electrons. The van der Waals surface area contributed by atoms with E-state index in [1.54, 1.807) is 6.07 Å². The molecule has 0 fully saturated rings. The molecule has 1 aromatic rings. The highest BCUT2D eigenvalue weighted by atomic mass is 19.4. The zero-order valence-corrected chi connectivity index (χ0v) is 7.01. The molecule has 0 saturated carbocycles. The number of benzene rings is 1. The molecule has 0 aliphatic carbocycles. The second kappa shape index (κ2) is 4.01. The molecule has 2 nitrogen and oxygen atoms in total. The molecule has 0 heterocycles. The molecule has 0 unspecified atom stereocenters. The number of nitrogens with zero attached hydrogens (tertiary/aromatic N) is 1. The van der Waals surface area contributed by atoms with Gasteiger partial charge in [-0.05, 0) is 12.1 Å². The van der Waals surface area contributed by atoms with Gasteiger partial charge in [0.2, 0.25) is 6.54 Å². The van der Waals surface area contributed by atoms with Crippen LogP contribution >= 0.6 is 0 Å². The van der Waals surface area contributed by atoms with E-state index >= 15 is 0 Å². The van der Waals surface area contributed by atoms with Crippen molar-refractivity contribution in [1.82, 2.24) is 0 Å². The molecule has 0 atom stereocenters. The summed E-state index contributed by atoms with van der Waals surface area (Å²) in [7, 11) is 0. The SMILES string of the molecule is [C-]#[N+]Cc1ccccc1OC(F)(F)F. The van der Waals surface area contributed by atoms with Crippen molar-refractivity contribution in [1.29, 1.82) is 0 Å². The van der Waals surface area contributed by atoms with Gasteiger partial charge in [0.05, 0.1) is 5.56 Å². The van der Waals surface area contributed by atoms with Gasteiger partial charge in [0.25, 0.3) is 0 Å². The Bertz CT molecular complexity index is 354. The van der Waals surface area contributed by atoms with Gasteiger partial charge < -0.3 is 9.58 Å². The van der Waals surface area contributed by atoms with Crippen LogP contribution in [0.5, 0.6) is 5.75 Å². The van der Waals surface area contributed by atoms with Crippen LogP contribution in [0.15, 0.2) is 24.3 Å². The van der Waals surface area contributed by atoms with E-state index in [0.29, 0.717) is 0 Å². The van der Waals surface area contributed by atoms with Gasteiger partial charge in [-0.2, -0.15) is 0 Å². The van der Waals surface area contributed by atoms with Gasteiger partial charge in [0.1, 0.15) is 5.75 Å². The Morgan fingerprint density at radius 3 is 2.50 bits per heavy atom. The zero-order chi connectivity index (χ0) is 10.6. The Morgan fingerprint density at radius 1 is 1.29 bits per heavy atom. The van der Waals surface area contributed by atoms with Crippen LogP contribution in [0.2, 0.25) is 0 Å².